The Balaban J connectivity index is 1.92. The van der Waals surface area contributed by atoms with Gasteiger partial charge in [-0.05, 0) is 37.3 Å². The number of nitrogen functional groups attached to an aromatic ring is 1. The number of fused-ring (bicyclic) bond motifs is 1. The van der Waals surface area contributed by atoms with Crippen molar-refractivity contribution in [3.8, 4) is 0 Å². The van der Waals surface area contributed by atoms with Gasteiger partial charge < -0.3 is 11.1 Å². The number of carbonyl (C=O) groups excluding carboxylic acids is 1. The lowest BCUT2D eigenvalue weighted by atomic mass is 10.2. The summed E-state index contributed by atoms with van der Waals surface area (Å²) in [4.78, 5) is 16.4. The Labute approximate surface area is 115 Å². The first-order chi connectivity index (χ1) is 9.63. The molecule has 20 heavy (non-hydrogen) atoms. The van der Waals surface area contributed by atoms with Crippen molar-refractivity contribution in [2.75, 3.05) is 11.1 Å². The minimum atomic E-state index is -0.299. The number of nitrogens with two attached hydrogens (primary N) is 1. The quantitative estimate of drug-likeness (QED) is 0.619. The van der Waals surface area contributed by atoms with Crippen LogP contribution in [0.15, 0.2) is 36.5 Å². The average molecular weight is 267 g/mol. The number of hydrogen-bond acceptors (Lipinski definition) is 4. The molecule has 100 valence electrons. The molecule has 0 aliphatic rings. The van der Waals surface area contributed by atoms with Gasteiger partial charge in [0.25, 0.3) is 5.91 Å². The number of aromatic amines is 1. The lowest BCUT2D eigenvalue weighted by Gasteiger charge is -2.03. The number of nitrogens with one attached hydrogen (secondary N) is 2. The van der Waals surface area contributed by atoms with Crippen LogP contribution in [0.25, 0.3) is 10.9 Å². The first-order valence-electron chi connectivity index (χ1n) is 6.11. The smallest absolute Gasteiger partial charge is 0.276 e. The van der Waals surface area contributed by atoms with Crippen LogP contribution >= 0.6 is 0 Å². The molecule has 4 N–H and O–H groups in total. The van der Waals surface area contributed by atoms with Crippen LogP contribution in [0.3, 0.4) is 0 Å². The van der Waals surface area contributed by atoms with E-state index in [9.17, 15) is 4.79 Å². The molecule has 0 radical (unpaired) electrons. The summed E-state index contributed by atoms with van der Waals surface area (Å²) >= 11 is 0. The fourth-order valence-corrected chi connectivity index (χ4v) is 1.94. The van der Waals surface area contributed by atoms with Gasteiger partial charge >= 0.3 is 0 Å². The molecule has 0 saturated carbocycles. The fraction of sp³-hybridized carbons (Fsp3) is 0.0714. The molecule has 3 aromatic rings. The highest BCUT2D eigenvalue weighted by atomic mass is 16.1. The monoisotopic (exact) mass is 267 g/mol. The zero-order chi connectivity index (χ0) is 14.1. The second kappa shape index (κ2) is 4.65. The lowest BCUT2D eigenvalue weighted by Crippen LogP contribution is -2.13. The van der Waals surface area contributed by atoms with E-state index in [1.165, 1.54) is 0 Å². The molecule has 0 atom stereocenters. The number of aryl methyl sites for hydroxylation is 1. The number of rotatable bonds is 2. The van der Waals surface area contributed by atoms with Gasteiger partial charge in [0.05, 0.1) is 17.4 Å². The predicted octanol–water partition coefficient (Wildman–Crippen LogP) is 2.10. The third-order valence-corrected chi connectivity index (χ3v) is 2.97. The topological polar surface area (TPSA) is 96.7 Å². The Morgan fingerprint density at radius 3 is 2.90 bits per heavy atom. The van der Waals surface area contributed by atoms with Gasteiger partial charge in [0.1, 0.15) is 0 Å². The van der Waals surface area contributed by atoms with Crippen molar-refractivity contribution in [3.05, 3.63) is 47.9 Å². The van der Waals surface area contributed by atoms with Gasteiger partial charge in [-0.1, -0.05) is 0 Å². The van der Waals surface area contributed by atoms with E-state index in [4.69, 9.17) is 5.73 Å². The molecule has 0 aliphatic heterocycles. The predicted molar refractivity (Wildman–Crippen MR) is 77.4 cm³/mol. The van der Waals surface area contributed by atoms with Gasteiger partial charge in [-0.2, -0.15) is 5.10 Å². The highest BCUT2D eigenvalue weighted by molar-refractivity contribution is 6.11. The Kier molecular flexibility index (Phi) is 2.83. The molecule has 0 bridgehead atoms. The summed E-state index contributed by atoms with van der Waals surface area (Å²) in [6.45, 7) is 1.88. The SMILES string of the molecule is Cc1ccc(NC(=O)c2n[nH]c3ccc(N)cc23)cn1. The van der Waals surface area contributed by atoms with E-state index in [1.807, 2.05) is 13.0 Å². The van der Waals surface area contributed by atoms with Gasteiger partial charge in [-0.3, -0.25) is 14.9 Å². The number of benzene rings is 1. The molecule has 1 aromatic carbocycles. The van der Waals surface area contributed by atoms with Gasteiger partial charge in [-0.25, -0.2) is 0 Å². The fourth-order valence-electron chi connectivity index (χ4n) is 1.94. The Morgan fingerprint density at radius 2 is 2.15 bits per heavy atom. The van der Waals surface area contributed by atoms with Crippen molar-refractivity contribution in [2.45, 2.75) is 6.92 Å². The molecule has 2 aromatic heterocycles. The Morgan fingerprint density at radius 1 is 1.30 bits per heavy atom. The Hall–Kier alpha value is -2.89. The highest BCUT2D eigenvalue weighted by Gasteiger charge is 2.14. The first-order valence-corrected chi connectivity index (χ1v) is 6.11. The normalized spacial score (nSPS) is 10.7. The average Bonchev–Trinajstić information content (AvgIpc) is 2.84. The van der Waals surface area contributed by atoms with Crippen molar-refractivity contribution in [3.63, 3.8) is 0 Å². The zero-order valence-corrected chi connectivity index (χ0v) is 10.8. The second-order valence-electron chi connectivity index (χ2n) is 4.52. The molecule has 1 amide bonds. The minimum Gasteiger partial charge on any atom is -0.399 e. The van der Waals surface area contributed by atoms with Crippen LogP contribution in [-0.2, 0) is 0 Å². The molecule has 3 rings (SSSR count). The minimum absolute atomic E-state index is 0.299. The molecule has 0 unspecified atom stereocenters. The van der Waals surface area contributed by atoms with E-state index in [0.29, 0.717) is 22.5 Å². The largest absolute Gasteiger partial charge is 0.399 e. The van der Waals surface area contributed by atoms with Crippen LogP contribution < -0.4 is 11.1 Å². The number of H-pyrrole nitrogens is 1. The number of pyridine rings is 1. The van der Waals surface area contributed by atoms with Crippen LogP contribution in [0, 0.1) is 6.92 Å². The highest BCUT2D eigenvalue weighted by Crippen LogP contribution is 2.20. The number of hydrogen-bond donors (Lipinski definition) is 3. The summed E-state index contributed by atoms with van der Waals surface area (Å²) in [5.74, 6) is -0.299. The summed E-state index contributed by atoms with van der Waals surface area (Å²) < 4.78 is 0. The van der Waals surface area contributed by atoms with E-state index in [0.717, 1.165) is 11.2 Å². The summed E-state index contributed by atoms with van der Waals surface area (Å²) in [5.41, 5.74) is 8.92. The van der Waals surface area contributed by atoms with Crippen molar-refractivity contribution in [1.82, 2.24) is 15.2 Å². The van der Waals surface area contributed by atoms with E-state index in [-0.39, 0.29) is 5.91 Å². The molecule has 0 fully saturated rings. The standard InChI is InChI=1S/C14H13N5O/c1-8-2-4-10(7-16-8)17-14(20)13-11-6-9(15)3-5-12(11)18-19-13/h2-7H,15H2,1H3,(H,17,20)(H,18,19). The maximum atomic E-state index is 12.2. The maximum Gasteiger partial charge on any atom is 0.276 e. The van der Waals surface area contributed by atoms with Gasteiger partial charge in [0.15, 0.2) is 5.69 Å². The van der Waals surface area contributed by atoms with Gasteiger partial charge in [0.2, 0.25) is 0 Å². The number of nitrogens with zero attached hydrogens (tertiary/aromatic N) is 2. The van der Waals surface area contributed by atoms with Crippen molar-refractivity contribution in [2.24, 2.45) is 0 Å². The lowest BCUT2D eigenvalue weighted by molar-refractivity contribution is 0.102. The molecule has 0 saturated heterocycles. The van der Waals surface area contributed by atoms with Gasteiger partial charge in [0, 0.05) is 16.8 Å². The van der Waals surface area contributed by atoms with Crippen LogP contribution in [0.4, 0.5) is 11.4 Å². The number of aromatic nitrogens is 3. The van der Waals surface area contributed by atoms with Gasteiger partial charge in [-0.15, -0.1) is 0 Å². The molecule has 6 heteroatoms. The van der Waals surface area contributed by atoms with Crippen LogP contribution in [-0.4, -0.2) is 21.1 Å². The summed E-state index contributed by atoms with van der Waals surface area (Å²) in [7, 11) is 0. The van der Waals surface area contributed by atoms with E-state index in [2.05, 4.69) is 20.5 Å². The summed E-state index contributed by atoms with van der Waals surface area (Å²) in [6.07, 6.45) is 1.61. The Bertz CT molecular complexity index is 776. The molecule has 0 aliphatic carbocycles. The van der Waals surface area contributed by atoms with Crippen molar-refractivity contribution in [1.29, 1.82) is 0 Å². The molecular formula is C14H13N5O. The van der Waals surface area contributed by atoms with Crippen molar-refractivity contribution < 1.29 is 4.79 Å². The molecule has 6 nitrogen and oxygen atoms in total. The molecule has 0 spiro atoms. The first kappa shape index (κ1) is 12.2. The number of carbonyl (C=O) groups is 1. The van der Waals surface area contributed by atoms with E-state index in [1.54, 1.807) is 30.5 Å². The maximum absolute atomic E-state index is 12.2. The van der Waals surface area contributed by atoms with Crippen LogP contribution in [0.5, 0.6) is 0 Å². The summed E-state index contributed by atoms with van der Waals surface area (Å²) in [5, 5.41) is 10.3. The molecular weight excluding hydrogens is 254 g/mol. The number of anilines is 2. The summed E-state index contributed by atoms with van der Waals surface area (Å²) in [6, 6.07) is 8.90. The van der Waals surface area contributed by atoms with Crippen molar-refractivity contribution >= 4 is 28.2 Å². The zero-order valence-electron chi connectivity index (χ0n) is 10.8. The third-order valence-electron chi connectivity index (χ3n) is 2.97. The molecule has 2 heterocycles. The van der Waals surface area contributed by atoms with E-state index >= 15 is 0 Å². The number of amides is 1. The van der Waals surface area contributed by atoms with E-state index < -0.39 is 0 Å². The van der Waals surface area contributed by atoms with Crippen LogP contribution in [0.1, 0.15) is 16.2 Å². The third kappa shape index (κ3) is 2.18. The van der Waals surface area contributed by atoms with Crippen LogP contribution in [0.2, 0.25) is 0 Å². The second-order valence-corrected chi connectivity index (χ2v) is 4.52.